The first-order valence-electron chi connectivity index (χ1n) is 8.04. The minimum atomic E-state index is 0. The lowest BCUT2D eigenvalue weighted by molar-refractivity contribution is 0.150. The Bertz CT molecular complexity index is 579. The molecule has 3 rings (SSSR count). The van der Waals surface area contributed by atoms with Crippen molar-refractivity contribution in [2.75, 3.05) is 13.1 Å². The van der Waals surface area contributed by atoms with Crippen LogP contribution >= 0.6 is 12.4 Å². The van der Waals surface area contributed by atoms with Gasteiger partial charge in [-0.25, -0.2) is 0 Å². The van der Waals surface area contributed by atoms with E-state index in [0.29, 0.717) is 17.9 Å². The molecule has 6 heteroatoms. The van der Waals surface area contributed by atoms with Gasteiger partial charge in [0.05, 0.1) is 6.54 Å². The minimum Gasteiger partial charge on any atom is -0.338 e. The highest BCUT2D eigenvalue weighted by molar-refractivity contribution is 5.85. The van der Waals surface area contributed by atoms with Crippen molar-refractivity contribution in [1.82, 2.24) is 15.0 Å². The molecule has 1 aliphatic heterocycles. The van der Waals surface area contributed by atoms with Crippen molar-refractivity contribution in [3.8, 4) is 0 Å². The molecule has 0 radical (unpaired) electrons. The number of aromatic nitrogens is 2. The third kappa shape index (κ3) is 5.03. The van der Waals surface area contributed by atoms with Gasteiger partial charge in [-0.3, -0.25) is 4.90 Å². The Morgan fingerprint density at radius 3 is 2.61 bits per heavy atom. The van der Waals surface area contributed by atoms with Crippen LogP contribution in [0.3, 0.4) is 0 Å². The highest BCUT2D eigenvalue weighted by Crippen LogP contribution is 2.20. The zero-order valence-corrected chi connectivity index (χ0v) is 14.3. The number of likely N-dealkylation sites (tertiary alicyclic amines) is 1. The summed E-state index contributed by atoms with van der Waals surface area (Å²) in [4.78, 5) is 6.88. The van der Waals surface area contributed by atoms with Gasteiger partial charge in [0, 0.05) is 12.5 Å². The molecule has 2 N–H and O–H groups in total. The Morgan fingerprint density at radius 1 is 1.26 bits per heavy atom. The zero-order chi connectivity index (χ0) is 15.4. The molecule has 0 amide bonds. The summed E-state index contributed by atoms with van der Waals surface area (Å²) < 4.78 is 5.39. The van der Waals surface area contributed by atoms with Crippen molar-refractivity contribution in [3.63, 3.8) is 0 Å². The predicted octanol–water partition coefficient (Wildman–Crippen LogP) is 2.64. The number of nitrogens with two attached hydrogens (primary N) is 1. The fourth-order valence-electron chi connectivity index (χ4n) is 3.03. The molecule has 5 nitrogen and oxygen atoms in total. The molecule has 0 bridgehead atoms. The highest BCUT2D eigenvalue weighted by atomic mass is 35.5. The van der Waals surface area contributed by atoms with Gasteiger partial charge >= 0.3 is 0 Å². The molecule has 0 saturated carbocycles. The van der Waals surface area contributed by atoms with E-state index in [-0.39, 0.29) is 12.4 Å². The van der Waals surface area contributed by atoms with E-state index in [1.54, 1.807) is 0 Å². The van der Waals surface area contributed by atoms with E-state index in [1.807, 2.05) is 18.2 Å². The van der Waals surface area contributed by atoms with Crippen LogP contribution in [0.5, 0.6) is 0 Å². The quantitative estimate of drug-likeness (QED) is 0.909. The summed E-state index contributed by atoms with van der Waals surface area (Å²) in [5.74, 6) is 2.12. The zero-order valence-electron chi connectivity index (χ0n) is 13.5. The van der Waals surface area contributed by atoms with Crippen LogP contribution in [0.25, 0.3) is 0 Å². The van der Waals surface area contributed by atoms with Gasteiger partial charge in [-0.2, -0.15) is 4.98 Å². The maximum absolute atomic E-state index is 5.98. The van der Waals surface area contributed by atoms with Crippen molar-refractivity contribution >= 4 is 12.4 Å². The van der Waals surface area contributed by atoms with Crippen molar-refractivity contribution < 1.29 is 4.52 Å². The number of rotatable bonds is 5. The molecule has 1 aromatic heterocycles. The summed E-state index contributed by atoms with van der Waals surface area (Å²) in [6, 6.07) is 10.5. The molecule has 0 spiro atoms. The molecule has 0 aliphatic carbocycles. The number of hydrogen-bond acceptors (Lipinski definition) is 5. The summed E-state index contributed by atoms with van der Waals surface area (Å²) >= 11 is 0. The van der Waals surface area contributed by atoms with Crippen molar-refractivity contribution in [2.24, 2.45) is 11.7 Å². The molecule has 1 saturated heterocycles. The van der Waals surface area contributed by atoms with E-state index in [9.17, 15) is 0 Å². The molecule has 1 aromatic carbocycles. The van der Waals surface area contributed by atoms with Crippen molar-refractivity contribution in [1.29, 1.82) is 0 Å². The van der Waals surface area contributed by atoms with Gasteiger partial charge in [-0.05, 0) is 44.3 Å². The van der Waals surface area contributed by atoms with Gasteiger partial charge in [-0.1, -0.05) is 35.5 Å². The Labute approximate surface area is 143 Å². The second-order valence-electron chi connectivity index (χ2n) is 6.24. The SMILES string of the molecule is CC(N)C1CCN(Cc2nc(Cc3ccccc3)no2)CC1.Cl. The molecular formula is C17H25ClN4O. The van der Waals surface area contributed by atoms with Gasteiger partial charge in [0.25, 0.3) is 0 Å². The van der Waals surface area contributed by atoms with Crippen molar-refractivity contribution in [3.05, 3.63) is 47.6 Å². The highest BCUT2D eigenvalue weighted by Gasteiger charge is 2.23. The number of halogens is 1. The number of hydrogen-bond donors (Lipinski definition) is 1. The van der Waals surface area contributed by atoms with Crippen LogP contribution in [0.15, 0.2) is 34.9 Å². The molecule has 23 heavy (non-hydrogen) atoms. The fraction of sp³-hybridized carbons (Fsp3) is 0.529. The summed E-state index contributed by atoms with van der Waals surface area (Å²) in [5, 5.41) is 4.09. The normalized spacial score (nSPS) is 17.7. The third-order valence-electron chi connectivity index (χ3n) is 4.45. The molecule has 1 unspecified atom stereocenters. The standard InChI is InChI=1S/C17H24N4O.ClH/c1-13(18)15-7-9-21(10-8-15)12-17-19-16(20-22-17)11-14-5-3-2-4-6-14;/h2-6,13,15H,7-12,18H2,1H3;1H. The average Bonchev–Trinajstić information content (AvgIpc) is 2.96. The van der Waals surface area contributed by atoms with E-state index in [2.05, 4.69) is 34.1 Å². The van der Waals surface area contributed by atoms with E-state index in [1.165, 1.54) is 5.56 Å². The Balaban J connectivity index is 0.00000192. The fourth-order valence-corrected chi connectivity index (χ4v) is 3.03. The first-order valence-corrected chi connectivity index (χ1v) is 8.04. The molecule has 1 aliphatic rings. The second kappa shape index (κ2) is 8.43. The molecule has 2 heterocycles. The van der Waals surface area contributed by atoms with Gasteiger partial charge in [0.1, 0.15) is 0 Å². The van der Waals surface area contributed by atoms with Crippen molar-refractivity contribution in [2.45, 2.75) is 38.8 Å². The Morgan fingerprint density at radius 2 is 1.96 bits per heavy atom. The molecular weight excluding hydrogens is 312 g/mol. The first-order chi connectivity index (χ1) is 10.7. The van der Waals surface area contributed by atoms with Gasteiger partial charge in [0.2, 0.25) is 5.89 Å². The molecule has 1 fully saturated rings. The second-order valence-corrected chi connectivity index (χ2v) is 6.24. The number of benzene rings is 1. The number of piperidine rings is 1. The lowest BCUT2D eigenvalue weighted by atomic mass is 9.91. The maximum atomic E-state index is 5.98. The maximum Gasteiger partial charge on any atom is 0.240 e. The largest absolute Gasteiger partial charge is 0.338 e. The van der Waals surface area contributed by atoms with Crippen LogP contribution in [-0.2, 0) is 13.0 Å². The average molecular weight is 337 g/mol. The Hall–Kier alpha value is -1.43. The molecule has 1 atom stereocenters. The molecule has 2 aromatic rings. The minimum absolute atomic E-state index is 0. The predicted molar refractivity (Wildman–Crippen MR) is 92.4 cm³/mol. The topological polar surface area (TPSA) is 68.2 Å². The van der Waals surface area contributed by atoms with Crippen LogP contribution in [0.1, 0.15) is 37.0 Å². The van der Waals surface area contributed by atoms with E-state index in [0.717, 1.165) is 44.7 Å². The summed E-state index contributed by atoms with van der Waals surface area (Å²) in [6.45, 7) is 4.97. The summed E-state index contributed by atoms with van der Waals surface area (Å²) in [6.07, 6.45) is 3.03. The first kappa shape index (κ1) is 17.9. The van der Waals surface area contributed by atoms with E-state index in [4.69, 9.17) is 10.3 Å². The number of nitrogens with zero attached hydrogens (tertiary/aromatic N) is 3. The van der Waals surface area contributed by atoms with Crippen LogP contribution < -0.4 is 5.73 Å². The smallest absolute Gasteiger partial charge is 0.240 e. The van der Waals surface area contributed by atoms with E-state index >= 15 is 0 Å². The lowest BCUT2D eigenvalue weighted by Crippen LogP contribution is -2.39. The summed E-state index contributed by atoms with van der Waals surface area (Å²) in [5.41, 5.74) is 7.18. The lowest BCUT2D eigenvalue weighted by Gasteiger charge is -2.32. The molecule has 126 valence electrons. The van der Waals surface area contributed by atoms with Gasteiger partial charge in [0.15, 0.2) is 5.82 Å². The monoisotopic (exact) mass is 336 g/mol. The van der Waals surface area contributed by atoms with Crippen LogP contribution in [0.2, 0.25) is 0 Å². The van der Waals surface area contributed by atoms with E-state index < -0.39 is 0 Å². The van der Waals surface area contributed by atoms with Gasteiger partial charge < -0.3 is 10.3 Å². The van der Waals surface area contributed by atoms with Gasteiger partial charge in [-0.15, -0.1) is 12.4 Å². The Kier molecular flexibility index (Phi) is 6.57. The van der Waals surface area contributed by atoms with Crippen LogP contribution in [-0.4, -0.2) is 34.2 Å². The third-order valence-corrected chi connectivity index (χ3v) is 4.45. The van der Waals surface area contributed by atoms with Crippen LogP contribution in [0, 0.1) is 5.92 Å². The summed E-state index contributed by atoms with van der Waals surface area (Å²) in [7, 11) is 0. The van der Waals surface area contributed by atoms with Crippen LogP contribution in [0.4, 0.5) is 0 Å².